The first-order chi connectivity index (χ1) is 9.37. The number of carbonyl (C=O) groups is 2. The van der Waals surface area contributed by atoms with E-state index in [1.54, 1.807) is 25.2 Å². The van der Waals surface area contributed by atoms with Gasteiger partial charge < -0.3 is 15.7 Å². The summed E-state index contributed by atoms with van der Waals surface area (Å²) in [5.41, 5.74) is -0.921. The fourth-order valence-corrected chi connectivity index (χ4v) is 2.96. The minimum atomic E-state index is -0.921. The summed E-state index contributed by atoms with van der Waals surface area (Å²) >= 11 is 5.02. The molecule has 7 heteroatoms. The van der Waals surface area contributed by atoms with Gasteiger partial charge in [-0.3, -0.25) is 4.79 Å². The minimum Gasteiger partial charge on any atom is -0.481 e. The maximum absolute atomic E-state index is 11.6. The molecule has 0 aliphatic rings. The summed E-state index contributed by atoms with van der Waals surface area (Å²) in [6.45, 7) is 4.06. The van der Waals surface area contributed by atoms with Gasteiger partial charge in [0.25, 0.3) is 0 Å². The molecule has 3 N–H and O–H groups in total. The standard InChI is InChI=1S/C13H19BrN2O3S/c1-3-13(2,11(17)18)8-16-12(19)15-7-6-9-4-5-10(14)20-9/h4-5H,3,6-8H2,1-2H3,(H,17,18)(H2,15,16,19). The molecular weight excluding hydrogens is 344 g/mol. The Balaban J connectivity index is 2.28. The molecular formula is C13H19BrN2O3S. The molecule has 5 nitrogen and oxygen atoms in total. The monoisotopic (exact) mass is 362 g/mol. The van der Waals surface area contributed by atoms with Gasteiger partial charge in [-0.1, -0.05) is 6.92 Å². The van der Waals surface area contributed by atoms with E-state index in [4.69, 9.17) is 5.11 Å². The zero-order chi connectivity index (χ0) is 15.2. The number of urea groups is 1. The first kappa shape index (κ1) is 17.0. The molecule has 0 fully saturated rings. The number of halogens is 1. The highest BCUT2D eigenvalue weighted by Gasteiger charge is 2.31. The summed E-state index contributed by atoms with van der Waals surface area (Å²) in [6, 6.07) is 3.65. The van der Waals surface area contributed by atoms with Crippen LogP contribution in [0.4, 0.5) is 4.79 Å². The van der Waals surface area contributed by atoms with Crippen molar-refractivity contribution in [1.82, 2.24) is 10.6 Å². The molecule has 0 spiro atoms. The lowest BCUT2D eigenvalue weighted by molar-refractivity contribution is -0.147. The van der Waals surface area contributed by atoms with Gasteiger partial charge in [-0.2, -0.15) is 0 Å². The van der Waals surface area contributed by atoms with Crippen LogP contribution in [0.5, 0.6) is 0 Å². The molecule has 112 valence electrons. The predicted octanol–water partition coefficient (Wildman–Crippen LogP) is 2.85. The van der Waals surface area contributed by atoms with Crippen molar-refractivity contribution >= 4 is 39.3 Å². The number of amides is 2. The molecule has 0 saturated heterocycles. The number of carbonyl (C=O) groups excluding carboxylic acids is 1. The lowest BCUT2D eigenvalue weighted by Gasteiger charge is -2.23. The molecule has 20 heavy (non-hydrogen) atoms. The summed E-state index contributed by atoms with van der Waals surface area (Å²) in [6.07, 6.45) is 1.22. The lowest BCUT2D eigenvalue weighted by atomic mass is 9.88. The summed E-state index contributed by atoms with van der Waals surface area (Å²) < 4.78 is 1.07. The number of carboxylic acid groups (broad SMARTS) is 1. The molecule has 1 rings (SSSR count). The maximum atomic E-state index is 11.6. The van der Waals surface area contributed by atoms with E-state index in [1.807, 2.05) is 12.1 Å². The van der Waals surface area contributed by atoms with Gasteiger partial charge in [0.2, 0.25) is 0 Å². The number of aliphatic carboxylic acids is 1. The van der Waals surface area contributed by atoms with Crippen LogP contribution in [0.2, 0.25) is 0 Å². The highest BCUT2D eigenvalue weighted by atomic mass is 79.9. The third-order valence-electron chi connectivity index (χ3n) is 3.22. The molecule has 1 heterocycles. The molecule has 1 atom stereocenters. The topological polar surface area (TPSA) is 78.4 Å². The summed E-state index contributed by atoms with van der Waals surface area (Å²) in [4.78, 5) is 23.9. The Bertz CT molecular complexity index is 478. The lowest BCUT2D eigenvalue weighted by Crippen LogP contribution is -2.45. The maximum Gasteiger partial charge on any atom is 0.314 e. The molecule has 0 aliphatic carbocycles. The van der Waals surface area contributed by atoms with Gasteiger partial charge in [-0.25, -0.2) is 4.79 Å². The van der Waals surface area contributed by atoms with Crippen LogP contribution in [0.3, 0.4) is 0 Å². The Kier molecular flexibility index (Phi) is 6.48. The Hall–Kier alpha value is -1.08. The van der Waals surface area contributed by atoms with E-state index in [-0.39, 0.29) is 12.6 Å². The van der Waals surface area contributed by atoms with Crippen molar-refractivity contribution in [1.29, 1.82) is 0 Å². The molecule has 1 unspecified atom stereocenters. The van der Waals surface area contributed by atoms with Crippen LogP contribution in [0.15, 0.2) is 15.9 Å². The second-order valence-corrected chi connectivity index (χ2v) is 7.33. The Morgan fingerprint density at radius 3 is 2.60 bits per heavy atom. The molecule has 0 aliphatic heterocycles. The van der Waals surface area contributed by atoms with Crippen molar-refractivity contribution in [2.75, 3.05) is 13.1 Å². The van der Waals surface area contributed by atoms with Crippen LogP contribution in [0.25, 0.3) is 0 Å². The predicted molar refractivity (Wildman–Crippen MR) is 83.2 cm³/mol. The van der Waals surface area contributed by atoms with Crippen LogP contribution >= 0.6 is 27.3 Å². The van der Waals surface area contributed by atoms with E-state index in [9.17, 15) is 9.59 Å². The largest absolute Gasteiger partial charge is 0.481 e. The average Bonchev–Trinajstić information content (AvgIpc) is 2.81. The highest BCUT2D eigenvalue weighted by Crippen LogP contribution is 2.22. The first-order valence-electron chi connectivity index (χ1n) is 6.36. The SMILES string of the molecule is CCC(C)(CNC(=O)NCCc1ccc(Br)s1)C(=O)O. The summed E-state index contributed by atoms with van der Waals surface area (Å²) in [7, 11) is 0. The normalized spacial score (nSPS) is 13.6. The third kappa shape index (κ3) is 5.13. The van der Waals surface area contributed by atoms with Crippen molar-refractivity contribution in [2.24, 2.45) is 5.41 Å². The number of thiophene rings is 1. The van der Waals surface area contributed by atoms with Crippen LogP contribution in [-0.2, 0) is 11.2 Å². The number of nitrogens with one attached hydrogen (secondary N) is 2. The molecule has 1 aromatic rings. The van der Waals surface area contributed by atoms with Crippen LogP contribution in [0.1, 0.15) is 25.1 Å². The van der Waals surface area contributed by atoms with Gasteiger partial charge >= 0.3 is 12.0 Å². The fraction of sp³-hybridized carbons (Fsp3) is 0.538. The second-order valence-electron chi connectivity index (χ2n) is 4.78. The van der Waals surface area contributed by atoms with Crippen LogP contribution < -0.4 is 10.6 Å². The summed E-state index contributed by atoms with van der Waals surface area (Å²) in [5.74, 6) is -0.899. The third-order valence-corrected chi connectivity index (χ3v) is 4.90. The van der Waals surface area contributed by atoms with Gasteiger partial charge in [0, 0.05) is 18.0 Å². The van der Waals surface area contributed by atoms with E-state index < -0.39 is 11.4 Å². The van der Waals surface area contributed by atoms with E-state index in [0.717, 1.165) is 10.2 Å². The number of rotatable bonds is 7. The van der Waals surface area contributed by atoms with Crippen molar-refractivity contribution in [3.8, 4) is 0 Å². The van der Waals surface area contributed by atoms with Gasteiger partial charge in [0.1, 0.15) is 0 Å². The van der Waals surface area contributed by atoms with Crippen molar-refractivity contribution < 1.29 is 14.7 Å². The van der Waals surface area contributed by atoms with E-state index in [2.05, 4.69) is 26.6 Å². The molecule has 0 bridgehead atoms. The number of hydrogen-bond donors (Lipinski definition) is 3. The van der Waals surface area contributed by atoms with Gasteiger partial charge in [-0.15, -0.1) is 11.3 Å². The molecule has 0 saturated carbocycles. The van der Waals surface area contributed by atoms with E-state index in [0.29, 0.717) is 13.0 Å². The Labute approximate surface area is 130 Å². The molecule has 0 radical (unpaired) electrons. The van der Waals surface area contributed by atoms with Gasteiger partial charge in [0.15, 0.2) is 0 Å². The fourth-order valence-electron chi connectivity index (χ4n) is 1.48. The smallest absolute Gasteiger partial charge is 0.314 e. The number of hydrogen-bond acceptors (Lipinski definition) is 3. The van der Waals surface area contributed by atoms with E-state index in [1.165, 1.54) is 4.88 Å². The van der Waals surface area contributed by atoms with Crippen molar-refractivity contribution in [3.63, 3.8) is 0 Å². The summed E-state index contributed by atoms with van der Waals surface area (Å²) in [5, 5.41) is 14.4. The molecule has 1 aromatic heterocycles. The quantitative estimate of drug-likeness (QED) is 0.697. The van der Waals surface area contributed by atoms with E-state index >= 15 is 0 Å². The van der Waals surface area contributed by atoms with Crippen molar-refractivity contribution in [2.45, 2.75) is 26.7 Å². The molecule has 2 amide bonds. The second kappa shape index (κ2) is 7.64. The Morgan fingerprint density at radius 2 is 2.10 bits per heavy atom. The van der Waals surface area contributed by atoms with Crippen molar-refractivity contribution in [3.05, 3.63) is 20.8 Å². The first-order valence-corrected chi connectivity index (χ1v) is 7.97. The highest BCUT2D eigenvalue weighted by molar-refractivity contribution is 9.11. The number of carboxylic acids is 1. The van der Waals surface area contributed by atoms with Crippen LogP contribution in [-0.4, -0.2) is 30.2 Å². The minimum absolute atomic E-state index is 0.120. The van der Waals surface area contributed by atoms with Gasteiger partial charge in [0.05, 0.1) is 9.20 Å². The molecule has 0 aromatic carbocycles. The zero-order valence-corrected chi connectivity index (χ0v) is 13.9. The van der Waals surface area contributed by atoms with Gasteiger partial charge in [-0.05, 0) is 47.8 Å². The van der Waals surface area contributed by atoms with Crippen LogP contribution in [0, 0.1) is 5.41 Å². The zero-order valence-electron chi connectivity index (χ0n) is 11.5. The Morgan fingerprint density at radius 1 is 1.40 bits per heavy atom. The average molecular weight is 363 g/mol.